The molecule has 6 N–H and O–H groups in total. The van der Waals surface area contributed by atoms with Gasteiger partial charge in [-0.3, -0.25) is 0 Å². The van der Waals surface area contributed by atoms with E-state index in [0.717, 1.165) is 0 Å². The third-order valence-electron chi connectivity index (χ3n) is 1.93. The van der Waals surface area contributed by atoms with E-state index in [1.54, 1.807) is 0 Å². The number of aromatic carboxylic acids is 1. The molecule has 0 fully saturated rings. The first-order chi connectivity index (χ1) is 6.56. The molecule has 5 nitrogen and oxygen atoms in total. The van der Waals surface area contributed by atoms with Crippen LogP contribution < -0.4 is 11.5 Å². The summed E-state index contributed by atoms with van der Waals surface area (Å²) in [6, 6.07) is 3.39. The second-order valence-electron chi connectivity index (χ2n) is 2.92. The van der Waals surface area contributed by atoms with Crippen LogP contribution in [0, 0.1) is 0 Å². The van der Waals surface area contributed by atoms with Gasteiger partial charge in [-0.1, -0.05) is 0 Å². The second-order valence-corrected chi connectivity index (χ2v) is 2.92. The van der Waals surface area contributed by atoms with Gasteiger partial charge in [0.2, 0.25) is 0 Å². The molecule has 1 atom stereocenters. The number of hydrogen-bond donors (Lipinski definition) is 4. The summed E-state index contributed by atoms with van der Waals surface area (Å²) in [5.41, 5.74) is 11.3. The minimum Gasteiger partial charge on any atom is -0.508 e. The Bertz CT molecular complexity index is 352. The molecule has 0 unspecified atom stereocenters. The maximum absolute atomic E-state index is 10.6. The van der Waals surface area contributed by atoms with E-state index in [0.29, 0.717) is 5.56 Å². The zero-order valence-electron chi connectivity index (χ0n) is 7.47. The monoisotopic (exact) mass is 196 g/mol. The molecule has 1 aromatic carbocycles. The molecule has 0 aliphatic heterocycles. The van der Waals surface area contributed by atoms with Crippen molar-refractivity contribution in [3.63, 3.8) is 0 Å². The molecule has 14 heavy (non-hydrogen) atoms. The molecular weight excluding hydrogens is 184 g/mol. The predicted molar refractivity (Wildman–Crippen MR) is 51.0 cm³/mol. The van der Waals surface area contributed by atoms with E-state index in [-0.39, 0.29) is 17.9 Å². The van der Waals surface area contributed by atoms with Crippen molar-refractivity contribution in [1.82, 2.24) is 0 Å². The summed E-state index contributed by atoms with van der Waals surface area (Å²) >= 11 is 0. The zero-order valence-corrected chi connectivity index (χ0v) is 7.47. The zero-order chi connectivity index (χ0) is 10.7. The Kier molecular flexibility index (Phi) is 3.06. The van der Waals surface area contributed by atoms with Crippen LogP contribution in [0.4, 0.5) is 0 Å². The van der Waals surface area contributed by atoms with E-state index >= 15 is 0 Å². The number of carboxylic acid groups (broad SMARTS) is 1. The average Bonchev–Trinajstić information content (AvgIpc) is 2.17. The number of carbonyl (C=O) groups is 1. The van der Waals surface area contributed by atoms with E-state index in [1.165, 1.54) is 18.2 Å². The minimum atomic E-state index is -1.06. The quantitative estimate of drug-likeness (QED) is 0.546. The Morgan fingerprint density at radius 3 is 2.64 bits per heavy atom. The van der Waals surface area contributed by atoms with Gasteiger partial charge in [0.05, 0.1) is 5.56 Å². The Morgan fingerprint density at radius 2 is 2.14 bits per heavy atom. The second kappa shape index (κ2) is 4.08. The van der Waals surface area contributed by atoms with E-state index < -0.39 is 12.0 Å². The van der Waals surface area contributed by atoms with Gasteiger partial charge in [0.15, 0.2) is 0 Å². The van der Waals surface area contributed by atoms with Crippen molar-refractivity contribution in [2.24, 2.45) is 11.5 Å². The Balaban J connectivity index is 3.14. The van der Waals surface area contributed by atoms with Crippen molar-refractivity contribution in [3.05, 3.63) is 29.3 Å². The molecule has 0 aromatic heterocycles. The highest BCUT2D eigenvalue weighted by Gasteiger charge is 2.12. The standard InChI is InChI=1S/C9H12N2O3/c10-4-7(11)6-3-5(9(13)14)1-2-8(6)12/h1-3,7,12H,4,10-11H2,(H,13,14)/t7-/m0/s1. The molecule has 0 bridgehead atoms. The summed E-state index contributed by atoms with van der Waals surface area (Å²) in [6.45, 7) is 0.149. The molecule has 0 amide bonds. The first-order valence-electron chi connectivity index (χ1n) is 4.08. The van der Waals surface area contributed by atoms with Crippen molar-refractivity contribution in [3.8, 4) is 5.75 Å². The van der Waals surface area contributed by atoms with Crippen molar-refractivity contribution < 1.29 is 15.0 Å². The average molecular weight is 196 g/mol. The van der Waals surface area contributed by atoms with Crippen LogP contribution in [0.3, 0.4) is 0 Å². The number of carboxylic acids is 1. The number of aromatic hydroxyl groups is 1. The Labute approximate surface area is 81.0 Å². The molecule has 0 heterocycles. The molecular formula is C9H12N2O3. The molecule has 0 saturated heterocycles. The first-order valence-corrected chi connectivity index (χ1v) is 4.08. The molecule has 0 saturated carbocycles. The lowest BCUT2D eigenvalue weighted by Crippen LogP contribution is -2.21. The highest BCUT2D eigenvalue weighted by molar-refractivity contribution is 5.88. The fourth-order valence-corrected chi connectivity index (χ4v) is 1.11. The number of phenols is 1. The largest absolute Gasteiger partial charge is 0.508 e. The van der Waals surface area contributed by atoms with E-state index in [9.17, 15) is 9.90 Å². The Hall–Kier alpha value is -1.59. The number of hydrogen-bond acceptors (Lipinski definition) is 4. The number of rotatable bonds is 3. The van der Waals surface area contributed by atoms with Crippen LogP contribution in [-0.4, -0.2) is 22.7 Å². The third-order valence-corrected chi connectivity index (χ3v) is 1.93. The molecule has 0 radical (unpaired) electrons. The van der Waals surface area contributed by atoms with Crippen molar-refractivity contribution in [2.75, 3.05) is 6.54 Å². The van der Waals surface area contributed by atoms with Crippen LogP contribution in [0.2, 0.25) is 0 Å². The fourth-order valence-electron chi connectivity index (χ4n) is 1.11. The predicted octanol–water partition coefficient (Wildman–Crippen LogP) is 0.0489. The SMILES string of the molecule is NC[C@H](N)c1cc(C(=O)O)ccc1O. The minimum absolute atomic E-state index is 0.0343. The van der Waals surface area contributed by atoms with Crippen LogP contribution in [0.15, 0.2) is 18.2 Å². The van der Waals surface area contributed by atoms with E-state index in [1.807, 2.05) is 0 Å². The molecule has 76 valence electrons. The molecule has 5 heteroatoms. The van der Waals surface area contributed by atoms with Crippen LogP contribution in [0.1, 0.15) is 22.0 Å². The van der Waals surface area contributed by atoms with Crippen molar-refractivity contribution in [1.29, 1.82) is 0 Å². The van der Waals surface area contributed by atoms with Crippen LogP contribution in [0.5, 0.6) is 5.75 Å². The molecule has 0 aliphatic rings. The summed E-state index contributed by atoms with van der Waals surface area (Å²) in [4.78, 5) is 10.6. The van der Waals surface area contributed by atoms with Gasteiger partial charge in [0.1, 0.15) is 5.75 Å². The summed E-state index contributed by atoms with van der Waals surface area (Å²) in [6.07, 6.45) is 0. The van der Waals surface area contributed by atoms with E-state index in [4.69, 9.17) is 16.6 Å². The molecule has 0 spiro atoms. The van der Waals surface area contributed by atoms with Crippen LogP contribution in [-0.2, 0) is 0 Å². The van der Waals surface area contributed by atoms with Gasteiger partial charge in [-0.25, -0.2) is 4.79 Å². The lowest BCUT2D eigenvalue weighted by molar-refractivity contribution is 0.0696. The molecule has 1 rings (SSSR count). The smallest absolute Gasteiger partial charge is 0.335 e. The normalized spacial score (nSPS) is 12.4. The van der Waals surface area contributed by atoms with Gasteiger partial charge < -0.3 is 21.7 Å². The van der Waals surface area contributed by atoms with E-state index in [2.05, 4.69) is 0 Å². The van der Waals surface area contributed by atoms with Gasteiger partial charge in [0.25, 0.3) is 0 Å². The molecule has 1 aromatic rings. The summed E-state index contributed by atoms with van der Waals surface area (Å²) in [5.74, 6) is -1.09. The number of benzene rings is 1. The molecule has 0 aliphatic carbocycles. The van der Waals surface area contributed by atoms with Gasteiger partial charge >= 0.3 is 5.97 Å². The van der Waals surface area contributed by atoms with Crippen molar-refractivity contribution in [2.45, 2.75) is 6.04 Å². The Morgan fingerprint density at radius 1 is 1.50 bits per heavy atom. The van der Waals surface area contributed by atoms with Gasteiger partial charge in [-0.2, -0.15) is 0 Å². The topological polar surface area (TPSA) is 110 Å². The number of phenolic OH excluding ortho intramolecular Hbond substituents is 1. The van der Waals surface area contributed by atoms with Gasteiger partial charge in [0, 0.05) is 18.2 Å². The number of nitrogens with two attached hydrogens (primary N) is 2. The van der Waals surface area contributed by atoms with Crippen LogP contribution >= 0.6 is 0 Å². The highest BCUT2D eigenvalue weighted by atomic mass is 16.4. The lowest BCUT2D eigenvalue weighted by Gasteiger charge is -2.11. The fraction of sp³-hybridized carbons (Fsp3) is 0.222. The highest BCUT2D eigenvalue weighted by Crippen LogP contribution is 2.23. The van der Waals surface area contributed by atoms with Gasteiger partial charge in [-0.05, 0) is 18.2 Å². The van der Waals surface area contributed by atoms with Crippen molar-refractivity contribution >= 4 is 5.97 Å². The summed E-state index contributed by atoms with van der Waals surface area (Å²) in [7, 11) is 0. The van der Waals surface area contributed by atoms with Gasteiger partial charge in [-0.15, -0.1) is 0 Å². The summed E-state index contributed by atoms with van der Waals surface area (Å²) in [5, 5.41) is 18.1. The first kappa shape index (κ1) is 10.5. The van der Waals surface area contributed by atoms with Crippen LogP contribution in [0.25, 0.3) is 0 Å². The third kappa shape index (κ3) is 2.01. The maximum Gasteiger partial charge on any atom is 0.335 e. The lowest BCUT2D eigenvalue weighted by atomic mass is 10.0. The summed E-state index contributed by atoms with van der Waals surface area (Å²) < 4.78 is 0. The maximum atomic E-state index is 10.6.